The van der Waals surface area contributed by atoms with Crippen LogP contribution in [0, 0.1) is 0 Å². The lowest BCUT2D eigenvalue weighted by atomic mass is 10.0. The lowest BCUT2D eigenvalue weighted by molar-refractivity contribution is -0.143. The average molecular weight is 917 g/mol. The minimum atomic E-state index is -0.661. The van der Waals surface area contributed by atoms with Crippen LogP contribution in [0.3, 0.4) is 0 Å². The second-order valence-electron chi connectivity index (χ2n) is 20.0. The molecule has 0 saturated heterocycles. The Kier molecular flexibility index (Phi) is 53.5. The molecule has 0 radical (unpaired) electrons. The van der Waals surface area contributed by atoms with Crippen molar-refractivity contribution in [3.8, 4) is 0 Å². The predicted octanol–water partition coefficient (Wildman–Crippen LogP) is 17.9. The first kappa shape index (κ1) is 63.3. The van der Waals surface area contributed by atoms with E-state index in [2.05, 4.69) is 43.5 Å². The number of hydrogen-bond acceptors (Lipinski definition) is 5. The second-order valence-corrected chi connectivity index (χ2v) is 20.0. The Hall–Kier alpha value is -1.66. The summed E-state index contributed by atoms with van der Waals surface area (Å²) in [6.07, 6.45) is 66.2. The third kappa shape index (κ3) is 51.6. The minimum Gasteiger partial charge on any atom is -0.466 e. The van der Waals surface area contributed by atoms with Gasteiger partial charge in [0.25, 0.3) is 0 Å². The highest BCUT2D eigenvalue weighted by molar-refractivity contribution is 5.76. The molecule has 3 N–H and O–H groups in total. The quantitative estimate of drug-likeness (QED) is 0.0321. The molecule has 0 heterocycles. The van der Waals surface area contributed by atoms with E-state index in [9.17, 15) is 19.8 Å². The third-order valence-electron chi connectivity index (χ3n) is 13.5. The molecule has 0 bridgehead atoms. The van der Waals surface area contributed by atoms with Gasteiger partial charge < -0.3 is 20.3 Å². The normalized spacial score (nSPS) is 12.7. The molecule has 6 nitrogen and oxygen atoms in total. The maximum atomic E-state index is 12.4. The number of allylic oxidation sites excluding steroid dienone is 4. The molecule has 0 fully saturated rings. The van der Waals surface area contributed by atoms with Crippen molar-refractivity contribution >= 4 is 11.9 Å². The molecular weight excluding hydrogens is 803 g/mol. The van der Waals surface area contributed by atoms with E-state index in [1.807, 2.05) is 0 Å². The van der Waals surface area contributed by atoms with Crippen LogP contribution in [-0.2, 0) is 14.3 Å². The molecule has 0 aromatic rings. The van der Waals surface area contributed by atoms with E-state index in [1.165, 1.54) is 238 Å². The van der Waals surface area contributed by atoms with E-state index >= 15 is 0 Å². The molecule has 0 aromatic carbocycles. The zero-order valence-corrected chi connectivity index (χ0v) is 43.7. The van der Waals surface area contributed by atoms with Crippen molar-refractivity contribution in [1.29, 1.82) is 0 Å². The summed E-state index contributed by atoms with van der Waals surface area (Å²) in [5, 5.41) is 23.1. The Morgan fingerprint density at radius 1 is 0.415 bits per heavy atom. The zero-order valence-electron chi connectivity index (χ0n) is 43.7. The number of carbonyl (C=O) groups excluding carboxylic acids is 2. The maximum absolute atomic E-state index is 12.4. The number of rotatable bonds is 54. The number of ether oxygens (including phenoxy) is 1. The van der Waals surface area contributed by atoms with Gasteiger partial charge in [0.05, 0.1) is 25.4 Å². The van der Waals surface area contributed by atoms with Gasteiger partial charge in [-0.25, -0.2) is 0 Å². The van der Waals surface area contributed by atoms with Gasteiger partial charge in [0, 0.05) is 12.8 Å². The van der Waals surface area contributed by atoms with Crippen LogP contribution in [0.5, 0.6) is 0 Å². The summed E-state index contributed by atoms with van der Waals surface area (Å²) in [4.78, 5) is 24.4. The fraction of sp³-hybridized carbons (Fsp3) is 0.898. The number of nitrogens with one attached hydrogen (secondary N) is 1. The molecule has 6 heteroatoms. The molecule has 384 valence electrons. The topological polar surface area (TPSA) is 95.9 Å². The summed E-state index contributed by atoms with van der Waals surface area (Å²) in [6, 6.07) is -0.538. The number of aliphatic hydroxyl groups is 2. The van der Waals surface area contributed by atoms with Crippen molar-refractivity contribution in [2.75, 3.05) is 13.2 Å². The van der Waals surface area contributed by atoms with Crippen LogP contribution in [0.4, 0.5) is 0 Å². The van der Waals surface area contributed by atoms with Crippen LogP contribution in [0.1, 0.15) is 316 Å². The van der Waals surface area contributed by atoms with E-state index in [4.69, 9.17) is 4.74 Å². The minimum absolute atomic E-state index is 0.00452. The maximum Gasteiger partial charge on any atom is 0.305 e. The summed E-state index contributed by atoms with van der Waals surface area (Å²) in [6.45, 7) is 4.90. The smallest absolute Gasteiger partial charge is 0.305 e. The highest BCUT2D eigenvalue weighted by Crippen LogP contribution is 2.17. The Morgan fingerprint density at radius 2 is 0.738 bits per heavy atom. The van der Waals surface area contributed by atoms with Crippen LogP contribution < -0.4 is 5.32 Å². The Labute approximate surface area is 405 Å². The molecule has 0 aliphatic heterocycles. The Balaban J connectivity index is 3.35. The van der Waals surface area contributed by atoms with Crippen molar-refractivity contribution in [2.24, 2.45) is 0 Å². The molecule has 0 rings (SSSR count). The lowest BCUT2D eigenvalue weighted by Crippen LogP contribution is -2.45. The first-order valence-corrected chi connectivity index (χ1v) is 29.1. The van der Waals surface area contributed by atoms with Crippen LogP contribution >= 0.6 is 0 Å². The van der Waals surface area contributed by atoms with Gasteiger partial charge in [0.2, 0.25) is 5.91 Å². The summed E-state index contributed by atoms with van der Waals surface area (Å²) < 4.78 is 5.46. The van der Waals surface area contributed by atoms with E-state index in [0.717, 1.165) is 44.9 Å². The summed E-state index contributed by atoms with van der Waals surface area (Å²) >= 11 is 0. The van der Waals surface area contributed by atoms with Crippen LogP contribution in [0.2, 0.25) is 0 Å². The Bertz CT molecular complexity index is 1010. The highest BCUT2D eigenvalue weighted by Gasteiger charge is 2.20. The molecule has 65 heavy (non-hydrogen) atoms. The predicted molar refractivity (Wildman–Crippen MR) is 283 cm³/mol. The van der Waals surface area contributed by atoms with Crippen LogP contribution in [0.25, 0.3) is 0 Å². The molecule has 2 atom stereocenters. The van der Waals surface area contributed by atoms with Crippen LogP contribution in [-0.4, -0.2) is 47.4 Å². The summed E-state index contributed by atoms with van der Waals surface area (Å²) in [5.74, 6) is -0.0323. The van der Waals surface area contributed by atoms with Gasteiger partial charge in [-0.15, -0.1) is 0 Å². The first-order chi connectivity index (χ1) is 32.0. The molecular formula is C59H113NO5. The molecule has 0 aliphatic carbocycles. The van der Waals surface area contributed by atoms with Crippen molar-refractivity contribution in [3.63, 3.8) is 0 Å². The number of amides is 1. The van der Waals surface area contributed by atoms with Crippen molar-refractivity contribution in [1.82, 2.24) is 5.32 Å². The van der Waals surface area contributed by atoms with Crippen molar-refractivity contribution < 1.29 is 24.5 Å². The highest BCUT2D eigenvalue weighted by atomic mass is 16.5. The average Bonchev–Trinajstić information content (AvgIpc) is 3.31. The van der Waals surface area contributed by atoms with E-state index < -0.39 is 12.1 Å². The molecule has 1 amide bonds. The fourth-order valence-corrected chi connectivity index (χ4v) is 8.97. The number of hydrogen-bond donors (Lipinski definition) is 3. The fourth-order valence-electron chi connectivity index (χ4n) is 8.97. The van der Waals surface area contributed by atoms with Gasteiger partial charge in [-0.3, -0.25) is 9.59 Å². The second kappa shape index (κ2) is 54.9. The largest absolute Gasteiger partial charge is 0.466 e. The van der Waals surface area contributed by atoms with Crippen molar-refractivity contribution in [2.45, 2.75) is 328 Å². The molecule has 2 unspecified atom stereocenters. The molecule has 0 spiro atoms. The molecule has 0 aromatic heterocycles. The van der Waals surface area contributed by atoms with E-state index in [0.29, 0.717) is 25.9 Å². The van der Waals surface area contributed by atoms with Gasteiger partial charge in [0.15, 0.2) is 0 Å². The number of esters is 1. The summed E-state index contributed by atoms with van der Waals surface area (Å²) in [5.41, 5.74) is 0. The third-order valence-corrected chi connectivity index (χ3v) is 13.5. The van der Waals surface area contributed by atoms with Crippen molar-refractivity contribution in [3.05, 3.63) is 24.3 Å². The zero-order chi connectivity index (χ0) is 47.2. The standard InChI is InChI=1S/C59H113NO5/c1-3-5-7-9-11-13-32-37-41-45-49-53-59(64)65-54-50-46-42-38-34-31-29-27-25-23-21-19-17-15-14-16-18-20-22-24-26-28-30-33-36-40-44-48-52-58(63)60-56(55-61)57(62)51-47-43-39-35-12-10-8-6-4-2/h9,11,14-15,56-57,61-62H,3-8,10,12-13,16-55H2,1-2H3,(H,60,63)/b11-9-,15-14-. The molecule has 0 aliphatic rings. The van der Waals surface area contributed by atoms with E-state index in [-0.39, 0.29) is 18.5 Å². The first-order valence-electron chi connectivity index (χ1n) is 29.1. The summed E-state index contributed by atoms with van der Waals surface area (Å²) in [7, 11) is 0. The van der Waals surface area contributed by atoms with Gasteiger partial charge in [-0.05, 0) is 70.6 Å². The van der Waals surface area contributed by atoms with Gasteiger partial charge >= 0.3 is 5.97 Å². The number of unbranched alkanes of at least 4 members (excludes halogenated alkanes) is 39. The number of aliphatic hydroxyl groups excluding tert-OH is 2. The molecule has 0 saturated carbocycles. The Morgan fingerprint density at radius 3 is 1.14 bits per heavy atom. The van der Waals surface area contributed by atoms with Crippen LogP contribution in [0.15, 0.2) is 24.3 Å². The lowest BCUT2D eigenvalue weighted by Gasteiger charge is -2.22. The SMILES string of the molecule is CCCC/C=C\CCCCCCCC(=O)OCCCCCCCCCCCCCC/C=C\CCCCCCCCCCCCCCC(=O)NC(CO)C(O)CCCCCCCCCCC. The monoisotopic (exact) mass is 916 g/mol. The number of carbonyl (C=O) groups is 2. The van der Waals surface area contributed by atoms with Gasteiger partial charge in [0.1, 0.15) is 0 Å². The van der Waals surface area contributed by atoms with Gasteiger partial charge in [-0.2, -0.15) is 0 Å². The van der Waals surface area contributed by atoms with E-state index in [1.54, 1.807) is 0 Å². The van der Waals surface area contributed by atoms with Gasteiger partial charge in [-0.1, -0.05) is 256 Å².